The summed E-state index contributed by atoms with van der Waals surface area (Å²) in [6.45, 7) is 9.05. The molecule has 0 fully saturated rings. The predicted molar refractivity (Wildman–Crippen MR) is 96.2 cm³/mol. The fraction of sp³-hybridized carbons (Fsp3) is 0.400. The number of nitrogens with two attached hydrogens (primary N) is 1. The Bertz CT molecular complexity index is 472. The lowest BCUT2D eigenvalue weighted by Crippen LogP contribution is -2.33. The molecule has 0 heterocycles. The Hall–Kier alpha value is -1.24. The van der Waals surface area contributed by atoms with Crippen LogP contribution >= 0.6 is 24.0 Å². The number of hydrogen-bond donors (Lipinski definition) is 2. The number of aliphatic imine (C=N–C) groups is 1. The van der Waals surface area contributed by atoms with Crippen LogP contribution in [0.25, 0.3) is 0 Å². The number of nitrogens with zero attached hydrogens (tertiary/aromatic N) is 1. The van der Waals surface area contributed by atoms with Crippen molar-refractivity contribution in [3.63, 3.8) is 0 Å². The molecule has 0 aromatic heterocycles. The zero-order valence-corrected chi connectivity index (χ0v) is 14.7. The Kier molecular flexibility index (Phi) is 9.03. The van der Waals surface area contributed by atoms with Crippen molar-refractivity contribution >= 4 is 29.9 Å². The number of aryl methyl sites for hydroxylation is 1. The molecule has 0 amide bonds. The third-order valence-corrected chi connectivity index (χ3v) is 2.71. The summed E-state index contributed by atoms with van der Waals surface area (Å²) in [4.78, 5) is 4.16. The predicted octanol–water partition coefficient (Wildman–Crippen LogP) is 2.64. The maximum absolute atomic E-state index is 5.74. The average molecular weight is 389 g/mol. The van der Waals surface area contributed by atoms with Crippen molar-refractivity contribution in [2.45, 2.75) is 20.3 Å². The van der Waals surface area contributed by atoms with Gasteiger partial charge in [0.25, 0.3) is 0 Å². The zero-order chi connectivity index (χ0) is 14.3. The van der Waals surface area contributed by atoms with E-state index in [1.165, 1.54) is 5.56 Å². The van der Waals surface area contributed by atoms with E-state index < -0.39 is 0 Å². The van der Waals surface area contributed by atoms with Gasteiger partial charge in [-0.3, -0.25) is 0 Å². The van der Waals surface area contributed by atoms with E-state index in [2.05, 4.69) is 35.1 Å². The van der Waals surface area contributed by atoms with Crippen molar-refractivity contribution in [3.05, 3.63) is 41.5 Å². The normalized spacial score (nSPS) is 10.7. The van der Waals surface area contributed by atoms with E-state index in [1.807, 2.05) is 13.8 Å². The van der Waals surface area contributed by atoms with Crippen molar-refractivity contribution in [3.8, 4) is 5.75 Å². The first kappa shape index (κ1) is 18.8. The number of methoxy groups -OCH3 is 1. The molecule has 0 unspecified atom stereocenters. The molecule has 0 aliphatic carbocycles. The molecule has 3 N–H and O–H groups in total. The van der Waals surface area contributed by atoms with Gasteiger partial charge in [0, 0.05) is 6.54 Å². The number of guanidine groups is 1. The summed E-state index contributed by atoms with van der Waals surface area (Å²) in [5.74, 6) is 1.38. The van der Waals surface area contributed by atoms with E-state index in [4.69, 9.17) is 10.5 Å². The van der Waals surface area contributed by atoms with Crippen molar-refractivity contribution in [2.75, 3.05) is 20.2 Å². The molecule has 4 nitrogen and oxygen atoms in total. The fourth-order valence-electron chi connectivity index (χ4n) is 1.63. The highest BCUT2D eigenvalue weighted by molar-refractivity contribution is 14.0. The molecule has 1 aromatic rings. The van der Waals surface area contributed by atoms with Gasteiger partial charge < -0.3 is 15.8 Å². The third-order valence-electron chi connectivity index (χ3n) is 2.71. The highest BCUT2D eigenvalue weighted by Crippen LogP contribution is 2.18. The molecule has 112 valence electrons. The first-order valence-corrected chi connectivity index (χ1v) is 6.34. The quantitative estimate of drug-likeness (QED) is 0.340. The van der Waals surface area contributed by atoms with Gasteiger partial charge in [-0.15, -0.1) is 24.0 Å². The van der Waals surface area contributed by atoms with Crippen molar-refractivity contribution in [1.82, 2.24) is 5.32 Å². The molecular formula is C15H24IN3O. The highest BCUT2D eigenvalue weighted by atomic mass is 127. The molecule has 0 aliphatic heterocycles. The van der Waals surface area contributed by atoms with Crippen LogP contribution in [0.3, 0.4) is 0 Å². The Morgan fingerprint density at radius 3 is 2.75 bits per heavy atom. The van der Waals surface area contributed by atoms with Gasteiger partial charge in [0.05, 0.1) is 13.7 Å². The smallest absolute Gasteiger partial charge is 0.188 e. The second kappa shape index (κ2) is 9.63. The van der Waals surface area contributed by atoms with Crippen LogP contribution in [0.2, 0.25) is 0 Å². The lowest BCUT2D eigenvalue weighted by molar-refractivity contribution is 0.411. The topological polar surface area (TPSA) is 59.6 Å². The number of nitrogens with one attached hydrogen (secondary N) is 1. The minimum Gasteiger partial charge on any atom is -0.496 e. The molecule has 0 saturated carbocycles. The molecule has 0 bridgehead atoms. The Morgan fingerprint density at radius 1 is 1.45 bits per heavy atom. The molecule has 0 saturated heterocycles. The Balaban J connectivity index is 0.00000361. The van der Waals surface area contributed by atoms with Gasteiger partial charge in [0.15, 0.2) is 5.96 Å². The summed E-state index contributed by atoms with van der Waals surface area (Å²) in [6.07, 6.45) is 0.875. The van der Waals surface area contributed by atoms with Crippen LogP contribution in [0.15, 0.2) is 35.3 Å². The van der Waals surface area contributed by atoms with Gasteiger partial charge in [-0.05, 0) is 37.5 Å². The van der Waals surface area contributed by atoms with Crippen LogP contribution in [-0.2, 0) is 6.42 Å². The van der Waals surface area contributed by atoms with E-state index >= 15 is 0 Å². The minimum absolute atomic E-state index is 0. The fourth-order valence-corrected chi connectivity index (χ4v) is 1.63. The zero-order valence-electron chi connectivity index (χ0n) is 12.4. The van der Waals surface area contributed by atoms with E-state index in [9.17, 15) is 0 Å². The van der Waals surface area contributed by atoms with Crippen molar-refractivity contribution in [2.24, 2.45) is 10.7 Å². The minimum atomic E-state index is 0. The van der Waals surface area contributed by atoms with E-state index in [-0.39, 0.29) is 24.0 Å². The van der Waals surface area contributed by atoms with Crippen LogP contribution in [-0.4, -0.2) is 26.2 Å². The van der Waals surface area contributed by atoms with Crippen LogP contribution in [0.1, 0.15) is 18.1 Å². The van der Waals surface area contributed by atoms with E-state index in [0.717, 1.165) is 29.9 Å². The van der Waals surface area contributed by atoms with Crippen LogP contribution < -0.4 is 15.8 Å². The van der Waals surface area contributed by atoms with Crippen LogP contribution in [0.4, 0.5) is 0 Å². The first-order valence-electron chi connectivity index (χ1n) is 6.34. The van der Waals surface area contributed by atoms with Gasteiger partial charge in [0.2, 0.25) is 0 Å². The third kappa shape index (κ3) is 6.79. The van der Waals surface area contributed by atoms with Crippen molar-refractivity contribution < 1.29 is 4.74 Å². The number of ether oxygens (including phenoxy) is 1. The van der Waals surface area contributed by atoms with Crippen LogP contribution in [0.5, 0.6) is 5.75 Å². The molecule has 1 rings (SSSR count). The molecule has 20 heavy (non-hydrogen) atoms. The average Bonchev–Trinajstić information content (AvgIpc) is 2.38. The summed E-state index contributed by atoms with van der Waals surface area (Å²) in [5, 5.41) is 3.08. The number of halogens is 1. The summed E-state index contributed by atoms with van der Waals surface area (Å²) >= 11 is 0. The summed E-state index contributed by atoms with van der Waals surface area (Å²) in [6, 6.07) is 6.21. The number of benzene rings is 1. The number of rotatable bonds is 6. The molecular weight excluding hydrogens is 365 g/mol. The van der Waals surface area contributed by atoms with E-state index in [1.54, 1.807) is 7.11 Å². The first-order chi connectivity index (χ1) is 9.02. The highest BCUT2D eigenvalue weighted by Gasteiger charge is 2.00. The summed E-state index contributed by atoms with van der Waals surface area (Å²) < 4.78 is 5.30. The second-order valence-electron chi connectivity index (χ2n) is 4.64. The summed E-state index contributed by atoms with van der Waals surface area (Å²) in [7, 11) is 1.69. The monoisotopic (exact) mass is 389 g/mol. The van der Waals surface area contributed by atoms with Gasteiger partial charge in [0.1, 0.15) is 5.75 Å². The molecule has 0 radical (unpaired) electrons. The molecule has 1 aromatic carbocycles. The lowest BCUT2D eigenvalue weighted by Gasteiger charge is -2.09. The number of hydrogen-bond acceptors (Lipinski definition) is 2. The lowest BCUT2D eigenvalue weighted by atomic mass is 10.1. The standard InChI is InChI=1S/C15H23N3O.HI/c1-11(2)10-18-15(16)17-8-7-13-6-5-12(3)14(9-13)19-4;/h5-6,9H,1,7-8,10H2,2-4H3,(H3,16,17,18);1H. The summed E-state index contributed by atoms with van der Waals surface area (Å²) in [5.41, 5.74) is 9.08. The Morgan fingerprint density at radius 2 is 2.15 bits per heavy atom. The Labute approximate surface area is 138 Å². The molecule has 0 spiro atoms. The van der Waals surface area contributed by atoms with E-state index in [0.29, 0.717) is 12.5 Å². The van der Waals surface area contributed by atoms with Gasteiger partial charge in [-0.2, -0.15) is 0 Å². The molecule has 0 aliphatic rings. The second-order valence-corrected chi connectivity index (χ2v) is 4.64. The van der Waals surface area contributed by atoms with Crippen LogP contribution in [0, 0.1) is 6.92 Å². The maximum atomic E-state index is 5.74. The van der Waals surface area contributed by atoms with Gasteiger partial charge in [-0.25, -0.2) is 4.99 Å². The SMILES string of the molecule is C=C(C)CN=C(N)NCCc1ccc(C)c(OC)c1.I. The molecule has 5 heteroatoms. The largest absolute Gasteiger partial charge is 0.496 e. The van der Waals surface area contributed by atoms with Crippen molar-refractivity contribution in [1.29, 1.82) is 0 Å². The molecule has 0 atom stereocenters. The maximum Gasteiger partial charge on any atom is 0.188 e. The van der Waals surface area contributed by atoms with Gasteiger partial charge >= 0.3 is 0 Å². The van der Waals surface area contributed by atoms with Gasteiger partial charge in [-0.1, -0.05) is 24.3 Å².